The third-order valence-corrected chi connectivity index (χ3v) is 24.6. The van der Waals surface area contributed by atoms with Crippen molar-refractivity contribution in [3.8, 4) is 11.3 Å². The van der Waals surface area contributed by atoms with E-state index in [0.717, 1.165) is 52.6 Å². The molecule has 10 rings (SSSR count). The van der Waals surface area contributed by atoms with E-state index in [1.165, 1.54) is 11.9 Å². The van der Waals surface area contributed by atoms with Crippen molar-refractivity contribution in [3.05, 3.63) is 113 Å². The van der Waals surface area contributed by atoms with Crippen LogP contribution >= 0.6 is 0 Å². The first-order valence-corrected chi connectivity index (χ1v) is 45.5. The number of carbonyl (C=O) groups is 4. The van der Waals surface area contributed by atoms with Crippen molar-refractivity contribution in [3.63, 3.8) is 0 Å². The minimum Gasteiger partial charge on any atom is -0.459 e. The van der Waals surface area contributed by atoms with Gasteiger partial charge in [0.25, 0.3) is 5.91 Å². The molecular formula is C93H140N12O23. The van der Waals surface area contributed by atoms with E-state index in [9.17, 15) is 44.7 Å². The molecule has 0 spiro atoms. The second-order valence-electron chi connectivity index (χ2n) is 34.3. The number of Topliss-reactive ketones (excluding diaryl/α,β-unsaturated/α-hetero) is 1. The van der Waals surface area contributed by atoms with Crippen molar-refractivity contribution >= 4 is 57.2 Å². The maximum Gasteiger partial charge on any atom is 0.323 e. The number of carbonyl (C=O) groups excluding carboxylic acids is 4. The van der Waals surface area contributed by atoms with Gasteiger partial charge in [-0.3, -0.25) is 24.1 Å². The van der Waals surface area contributed by atoms with Gasteiger partial charge in [0.05, 0.1) is 160 Å². The van der Waals surface area contributed by atoms with Crippen LogP contribution < -0.4 is 16.8 Å². The number of fused-ring (bicyclic) bond motifs is 6. The van der Waals surface area contributed by atoms with Gasteiger partial charge in [0.1, 0.15) is 61.2 Å². The molecule has 1 aliphatic carbocycles. The highest BCUT2D eigenvalue weighted by molar-refractivity contribution is 5.99. The van der Waals surface area contributed by atoms with Crippen LogP contribution in [0.1, 0.15) is 142 Å². The first kappa shape index (κ1) is 102. The summed E-state index contributed by atoms with van der Waals surface area (Å²) in [4.78, 5) is 80.5. The van der Waals surface area contributed by atoms with Crippen molar-refractivity contribution in [2.24, 2.45) is 40.5 Å². The number of amides is 2. The molecule has 0 unspecified atom stereocenters. The number of piperidine rings is 1. The zero-order chi connectivity index (χ0) is 91.3. The number of methoxy groups -OCH3 is 2. The van der Waals surface area contributed by atoms with Gasteiger partial charge in [-0.05, 0) is 130 Å². The molecule has 2 saturated heterocycles. The van der Waals surface area contributed by atoms with E-state index in [4.69, 9.17) is 83.0 Å². The lowest BCUT2D eigenvalue weighted by molar-refractivity contribution is -0.268. The van der Waals surface area contributed by atoms with E-state index in [-0.39, 0.29) is 68.9 Å². The summed E-state index contributed by atoms with van der Waals surface area (Å²) in [6, 6.07) is 8.83. The first-order valence-electron chi connectivity index (χ1n) is 45.5. The molecule has 4 aromatic heterocycles. The smallest absolute Gasteiger partial charge is 0.323 e. The van der Waals surface area contributed by atoms with E-state index < -0.39 is 109 Å². The molecule has 2 amide bonds. The number of aliphatic hydroxyl groups is 5. The fourth-order valence-electron chi connectivity index (χ4n) is 17.0. The predicted octanol–water partition coefficient (Wildman–Crippen LogP) is 6.80. The number of nitrogens with zero attached hydrogens (tertiary/aromatic N) is 8. The van der Waals surface area contributed by atoms with Crippen molar-refractivity contribution in [1.82, 2.24) is 44.8 Å². The SMILES string of the molecule is CO[C@H]1C[C@@H]2CC[C@@H](C)[C@@](O)(O2)C(=O)COCN2CCCC[C@H]2C(=O)O[C@H]([C@H](N)C[C@@H]2CC[C@@H](O)[C@H](OC)C2)C[C@@H](O)[C@H](C)/C=C(\C)[C@@H](O)[C@@H](O)/C(=N/OCC(=O)NCCOCCOCCOCCOCCOCCOCCOCCOCCC(=O)N2CCc3cc(Cn4nc(-c5cnc6[nH]ccc6c5)c5c(N)ncnc54)ccc3C2)[C@H](C)C[C@H](C)/C=C/C=C/C=C/1C. The van der Waals surface area contributed by atoms with Gasteiger partial charge in [0, 0.05) is 100 Å². The summed E-state index contributed by atoms with van der Waals surface area (Å²) in [5.41, 5.74) is 21.0. The maximum absolute atomic E-state index is 14.5. The van der Waals surface area contributed by atoms with Crippen molar-refractivity contribution in [2.75, 3.05) is 165 Å². The summed E-state index contributed by atoms with van der Waals surface area (Å²) >= 11 is 0. The number of nitrogen functional groups attached to an aromatic ring is 1. The van der Waals surface area contributed by atoms with Crippen LogP contribution in [0.15, 0.2) is 102 Å². The average Bonchev–Trinajstić information content (AvgIpc) is 1.64. The van der Waals surface area contributed by atoms with Gasteiger partial charge in [-0.25, -0.2) is 19.6 Å². The number of ketones is 1. The summed E-state index contributed by atoms with van der Waals surface area (Å²) < 4.78 is 77.1. The molecule has 16 atom stereocenters. The summed E-state index contributed by atoms with van der Waals surface area (Å²) in [7, 11) is 3.16. The number of hydrogen-bond acceptors (Lipinski definition) is 31. The standard InChI is InChI=1S/C93H140N12O23/c1-61-14-10-9-11-15-62(2)78(115-7)52-73-21-17-66(6)93(114,128-73)81(108)57-125-60-104-28-13-12-16-75(104)92(113)127-79(74(94)49-67-19-22-76(106)80(50-67)116-8)53-77(107)63(3)47-65(5)87(111)88(112)85(64(4)46-61)102-126-58-82(109)96-27-31-118-33-35-120-37-39-122-41-43-124-45-44-123-42-40-121-38-36-119-34-32-117-30-25-83(110)103-29-24-69-48-68(18-20-71(69)56-103)55-105-91-84(89(95)99-59-100-91)86(101-105)72-51-70-23-26-97-90(70)98-54-72/h9-11,14-15,18,20,23,26,47-48,51,54,59,61,63-64,66-67,73-80,87-88,106-107,111-112,114H,12-13,16-17,19,21-22,24-25,27-46,49-50,52-53,55-58,60,94H2,1-8H3,(H,96,109)(H,97,98)(H2,95,99,100)/b11-9+,14-10+,62-15+,65-47+,102-85+/t61-,63-,64-,66-,67+,73+,74-,75+,76-,77-,78+,79+,80-,87-,88+,93-/m1/s1. The Hall–Kier alpha value is -7.99. The summed E-state index contributed by atoms with van der Waals surface area (Å²) in [5.74, 6) is -5.12. The van der Waals surface area contributed by atoms with Crippen LogP contribution in [0.4, 0.5) is 5.82 Å². The minimum absolute atomic E-state index is 0.0251. The molecule has 35 nitrogen and oxygen atoms in total. The Morgan fingerprint density at radius 3 is 2.12 bits per heavy atom. The van der Waals surface area contributed by atoms with Gasteiger partial charge in [0.2, 0.25) is 17.5 Å². The van der Waals surface area contributed by atoms with Gasteiger partial charge in [-0.1, -0.05) is 93.9 Å². The number of nitrogens with two attached hydrogens (primary N) is 2. The van der Waals surface area contributed by atoms with Gasteiger partial charge < -0.3 is 119 Å². The lowest BCUT2D eigenvalue weighted by Gasteiger charge is -2.41. The van der Waals surface area contributed by atoms with Gasteiger partial charge in [-0.15, -0.1) is 0 Å². The normalized spacial score (nSPS) is 28.1. The van der Waals surface area contributed by atoms with Crippen molar-refractivity contribution in [1.29, 1.82) is 0 Å². The van der Waals surface area contributed by atoms with Crippen LogP contribution in [0, 0.1) is 29.6 Å². The zero-order valence-electron chi connectivity index (χ0n) is 75.9. The number of nitrogens with one attached hydrogen (secondary N) is 2. The number of aromatic amines is 1. The Labute approximate surface area is 751 Å². The van der Waals surface area contributed by atoms with Crippen LogP contribution in [0.2, 0.25) is 0 Å². The van der Waals surface area contributed by atoms with Gasteiger partial charge in [-0.2, -0.15) is 5.10 Å². The van der Waals surface area contributed by atoms with Crippen molar-refractivity contribution < 1.29 is 111 Å². The topological polar surface area (TPSA) is 454 Å². The van der Waals surface area contributed by atoms with E-state index in [2.05, 4.69) is 48.6 Å². The van der Waals surface area contributed by atoms with Crippen molar-refractivity contribution in [2.45, 2.75) is 211 Å². The Morgan fingerprint density at radius 1 is 0.734 bits per heavy atom. The molecule has 8 heterocycles. The highest BCUT2D eigenvalue weighted by atomic mass is 16.6. The second-order valence-corrected chi connectivity index (χ2v) is 34.3. The quantitative estimate of drug-likeness (QED) is 0.00849. The highest BCUT2D eigenvalue weighted by Crippen LogP contribution is 2.38. The number of allylic oxidation sites excluding steroid dienone is 5. The molecule has 1 aromatic carbocycles. The van der Waals surface area contributed by atoms with Crippen LogP contribution in [-0.2, 0) is 105 Å². The monoisotopic (exact) mass is 1790 g/mol. The van der Waals surface area contributed by atoms with Crippen LogP contribution in [0.25, 0.3) is 33.3 Å². The zero-order valence-corrected chi connectivity index (χ0v) is 75.9. The van der Waals surface area contributed by atoms with Crippen LogP contribution in [0.3, 0.4) is 0 Å². The second kappa shape index (κ2) is 53.5. The number of hydrogen-bond donors (Lipinski definition) is 9. The number of H-pyrrole nitrogens is 1. The number of ether oxygens (including phenoxy) is 13. The number of esters is 1. The summed E-state index contributed by atoms with van der Waals surface area (Å²) in [6.45, 7) is 17.9. The number of cyclic esters (lactones) is 1. The maximum atomic E-state index is 14.5. The molecule has 0 radical (unpaired) electrons. The molecule has 710 valence electrons. The van der Waals surface area contributed by atoms with E-state index in [1.54, 1.807) is 47.3 Å². The Balaban J connectivity index is 0.575. The number of anilines is 1. The van der Waals surface area contributed by atoms with Crippen LogP contribution in [-0.4, -0.2) is 321 Å². The largest absolute Gasteiger partial charge is 0.459 e. The number of aliphatic hydroxyl groups excluding tert-OH is 4. The molecule has 3 fully saturated rings. The number of aromatic nitrogens is 6. The molecule has 5 aromatic rings. The van der Waals surface area contributed by atoms with E-state index in [1.807, 2.05) is 84.0 Å². The number of benzene rings is 1. The van der Waals surface area contributed by atoms with E-state index >= 15 is 0 Å². The molecule has 128 heavy (non-hydrogen) atoms. The van der Waals surface area contributed by atoms with Gasteiger partial charge in [0.15, 0.2) is 12.3 Å². The van der Waals surface area contributed by atoms with Crippen LogP contribution in [0.5, 0.6) is 0 Å². The Kier molecular flexibility index (Phi) is 42.7. The molecule has 4 aliphatic heterocycles. The molecule has 35 heteroatoms. The highest BCUT2D eigenvalue weighted by Gasteiger charge is 2.48. The minimum atomic E-state index is -2.11. The van der Waals surface area contributed by atoms with E-state index in [0.29, 0.717) is 205 Å². The molecule has 5 aliphatic rings. The summed E-state index contributed by atoms with van der Waals surface area (Å²) in [6.07, 6.45) is 16.1. The number of oxime groups is 1. The lowest BCUT2D eigenvalue weighted by atomic mass is 9.80. The molecule has 1 saturated carbocycles. The Morgan fingerprint density at radius 2 is 1.43 bits per heavy atom. The lowest BCUT2D eigenvalue weighted by Crippen LogP contribution is -2.55. The molecule has 2 bridgehead atoms. The van der Waals surface area contributed by atoms with Gasteiger partial charge >= 0.3 is 5.97 Å². The predicted molar refractivity (Wildman–Crippen MR) is 478 cm³/mol. The molecular weight excluding hydrogens is 1650 g/mol. The third-order valence-electron chi connectivity index (χ3n) is 24.6. The first-order chi connectivity index (χ1) is 61.9. The fraction of sp³-hybridized carbons (Fsp3) is 0.667. The number of rotatable bonds is 38. The fourth-order valence-corrected chi connectivity index (χ4v) is 17.0. The molecule has 11 N–H and O–H groups in total. The summed E-state index contributed by atoms with van der Waals surface area (Å²) in [5, 5.41) is 72.2. The number of pyridine rings is 1. The average molecular weight is 1790 g/mol. The Bertz CT molecular complexity index is 4390. The third kappa shape index (κ3) is 31.4.